The van der Waals surface area contributed by atoms with E-state index in [4.69, 9.17) is 110 Å². The Bertz CT molecular complexity index is 3670. The molecule has 5 fully saturated rings. The standard InChI is InChI=1S/C16H34BO14P3.C13H28BO13P3.C13H27BO10P2.C11H23BO8P2.C10H20BO6P.3CH4/c1-13(2)16-14(12-15(17)30-16)31-34(23,24)29-11-5-10-28-33(21,22)27-9-4-8-26-32(19,20)25-7-3-6-18;1-10(2)13-11(9-12(14)26-13)27-30(20,21)25-8-4-7-24-29(18,19)23-6-3-5-22-28(15,16)17;1-10(2)13-11(9-12(14)23-13)24-26(18,19)22-8-4-7-21-25(16,17)20-6-3-5-15;1-8(2)11-9(7-10(12)19-11)20-22(15,16)18-6-4-5-17-21(3,13)14;1-7(2)10-8(6-9(11)16-10)17-18(13,14)15-5-3-4-12;;;/h13-16,18H,3-12H2,1-2H3,(H,19,20)(H,21,22)(H,23,24);10-13H,3-9H2,1-2H3,(H,18,19)(H,20,21)(H2,15,16,17);10-13,15H,3-9H2,1-2H3,(H,16,17)(H,18,19);8-11H,4-7H2,1-3H3,(H,13,14)(H,15,16);7-10,12H,3-6H2,1-2H3,(H,13,14);3*1H4/p-12. The predicted molar refractivity (Wildman–Crippen MR) is 456 cm³/mol. The van der Waals surface area contributed by atoms with Gasteiger partial charge in [-0.2, -0.15) is 0 Å². The van der Waals surface area contributed by atoms with Crippen LogP contribution in [-0.2, 0) is 164 Å². The van der Waals surface area contributed by atoms with Crippen molar-refractivity contribution in [1.29, 1.82) is 0 Å². The van der Waals surface area contributed by atoms with Gasteiger partial charge in [-0.15, -0.1) is 0 Å². The van der Waals surface area contributed by atoms with Crippen LogP contribution >= 0.6 is 85.8 Å². The molecule has 25 atom stereocenters. The SMILES string of the molecule is C.C.C.[B]C1CC(OP(=O)([O-])OCCCO)C(C(C)C)O1.[B]C1CC(OP(=O)([O-])OCCCOP(=O)([O-])OCCCO)C(C(C)C)O1.[B]C1CC(OP(=O)([O-])OCCCOP(=O)([O-])OCCCOP(=O)([O-])OCCCO)C(C(C)C)O1.[B]C1CC(OP(=O)([O-])OCCCOP(=O)([O-])OCCCOP(=O)([O-])[O-])C(C(C)C)O1.[B]C1CC(OP(=O)([O-])OCCCOP(C)(=O)[O-])C(C(C)C)O1. The van der Waals surface area contributed by atoms with Gasteiger partial charge < -0.3 is 197 Å². The van der Waals surface area contributed by atoms with Gasteiger partial charge in [0.1, 0.15) is 46.8 Å². The molecule has 5 heterocycles. The van der Waals surface area contributed by atoms with Gasteiger partial charge in [-0.3, -0.25) is 41.1 Å². The number of ether oxygens (including phenoxy) is 5. The van der Waals surface area contributed by atoms with Gasteiger partial charge in [0, 0.05) is 56.5 Å². The molecule has 133 heavy (non-hydrogen) atoms. The number of phosphoric ester groups is 10. The lowest BCUT2D eigenvalue weighted by molar-refractivity contribution is -0.342. The summed E-state index contributed by atoms with van der Waals surface area (Å²) in [5.74, 6) is 0.0993. The third kappa shape index (κ3) is 67.6. The quantitative estimate of drug-likeness (QED) is 0.0440. The lowest BCUT2D eigenvalue weighted by Crippen LogP contribution is -2.30. The summed E-state index contributed by atoms with van der Waals surface area (Å²) in [5, 5.41) is 25.6. The largest absolute Gasteiger partial charge is 0.790 e. The summed E-state index contributed by atoms with van der Waals surface area (Å²) in [5.41, 5.74) is 0. The number of rotatable bonds is 63. The van der Waals surface area contributed by atoms with Gasteiger partial charge in [0.05, 0.1) is 168 Å². The van der Waals surface area contributed by atoms with Gasteiger partial charge in [0.25, 0.3) is 70.4 Å². The van der Waals surface area contributed by atoms with Crippen LogP contribution in [0.5, 0.6) is 0 Å². The molecule has 3 N–H and O–H groups in total. The third-order valence-electron chi connectivity index (χ3n) is 16.9. The number of hydrogen-bond donors (Lipinski definition) is 3. The Morgan fingerprint density at radius 3 is 0.519 bits per heavy atom. The second-order valence-electron chi connectivity index (χ2n) is 30.4. The first-order valence-corrected chi connectivity index (χ1v) is 57.6. The summed E-state index contributed by atoms with van der Waals surface area (Å²) in [6.07, 6.45) is -4.56. The fourth-order valence-electron chi connectivity index (χ4n) is 11.4. The zero-order valence-corrected chi connectivity index (χ0v) is 83.8. The van der Waals surface area contributed by atoms with Crippen molar-refractivity contribution in [2.75, 3.05) is 126 Å². The smallest absolute Gasteiger partial charge is 0.268 e. The molecule has 0 saturated carbocycles. The van der Waals surface area contributed by atoms with Crippen LogP contribution in [0.3, 0.4) is 0 Å². The monoisotopic (exact) mass is 2140 g/mol. The highest BCUT2D eigenvalue weighted by molar-refractivity contribution is 7.50. The molecule has 0 spiro atoms. The molecule has 5 aliphatic heterocycles. The molecular weight excluding hydrogens is 2000 g/mol. The van der Waals surface area contributed by atoms with Gasteiger partial charge in [-0.1, -0.05) is 91.5 Å². The van der Waals surface area contributed by atoms with Crippen molar-refractivity contribution < 1.29 is 238 Å². The van der Waals surface area contributed by atoms with E-state index in [9.17, 15) is 109 Å². The van der Waals surface area contributed by atoms with Crippen molar-refractivity contribution in [2.45, 2.75) is 272 Å². The van der Waals surface area contributed by atoms with Crippen LogP contribution in [-0.4, -0.2) is 271 Å². The second kappa shape index (κ2) is 68.7. The molecule has 10 radical (unpaired) electrons. The highest BCUT2D eigenvalue weighted by atomic mass is 31.2. The summed E-state index contributed by atoms with van der Waals surface area (Å²) in [7, 11) is -21.9. The van der Waals surface area contributed by atoms with Crippen LogP contribution < -0.4 is 58.7 Å². The molecule has 5 saturated heterocycles. The maximum Gasteiger partial charge on any atom is 0.268 e. The first-order valence-electron chi connectivity index (χ1n) is 41.0. The van der Waals surface area contributed by atoms with Gasteiger partial charge >= 0.3 is 0 Å². The lowest BCUT2D eigenvalue weighted by Gasteiger charge is -2.30. The summed E-state index contributed by atoms with van der Waals surface area (Å²) in [6.45, 7) is 14.0. The molecule has 0 aromatic rings. The van der Waals surface area contributed by atoms with Crippen LogP contribution in [0.2, 0.25) is 0 Å². The zero-order chi connectivity index (χ0) is 99.4. The Kier molecular flexibility index (Phi) is 71.4. The Morgan fingerprint density at radius 1 is 0.248 bits per heavy atom. The minimum absolute atomic E-state index is 0. The number of aliphatic hydroxyl groups is 3. The number of aliphatic hydroxyl groups excluding tert-OH is 3. The fourth-order valence-corrected chi connectivity index (χ4v) is 20.1. The van der Waals surface area contributed by atoms with E-state index in [0.29, 0.717) is 6.42 Å². The van der Waals surface area contributed by atoms with E-state index >= 15 is 0 Å². The molecule has 5 rings (SSSR count). The molecule has 5 aliphatic rings. The van der Waals surface area contributed by atoms with Gasteiger partial charge in [-0.25, -0.2) is 0 Å². The van der Waals surface area contributed by atoms with Crippen LogP contribution in [0.4, 0.5) is 0 Å². The highest BCUT2D eigenvalue weighted by Gasteiger charge is 2.43. The van der Waals surface area contributed by atoms with Crippen molar-refractivity contribution >= 4 is 125 Å². The van der Waals surface area contributed by atoms with Gasteiger partial charge in [0.15, 0.2) is 0 Å². The molecule has 0 aliphatic carbocycles. The van der Waals surface area contributed by atoms with Crippen molar-refractivity contribution in [3.8, 4) is 0 Å². The van der Waals surface area contributed by atoms with Crippen molar-refractivity contribution in [2.24, 2.45) is 29.6 Å². The average molecular weight is 2140 g/mol. The van der Waals surface area contributed by atoms with E-state index < -0.39 is 217 Å². The van der Waals surface area contributed by atoms with Crippen molar-refractivity contribution in [3.63, 3.8) is 0 Å². The average Bonchev–Trinajstić information content (AvgIpc) is 1.72. The fraction of sp³-hybridized carbons (Fsp3) is 1.00. The van der Waals surface area contributed by atoms with E-state index in [0.717, 1.165) is 6.66 Å². The van der Waals surface area contributed by atoms with Crippen LogP contribution in [0.15, 0.2) is 0 Å². The molecule has 51 nitrogen and oxygen atoms in total. The van der Waals surface area contributed by atoms with Crippen LogP contribution in [0, 0.1) is 29.6 Å². The minimum atomic E-state index is -5.13. The minimum Gasteiger partial charge on any atom is -0.790 e. The summed E-state index contributed by atoms with van der Waals surface area (Å²) < 4.78 is 246. The topological polar surface area (TPSA) is 756 Å². The molecule has 0 aromatic carbocycles. The van der Waals surface area contributed by atoms with E-state index in [-0.39, 0.29) is 214 Å². The predicted octanol–water partition coefficient (Wildman–Crippen LogP) is 1.43. The highest BCUT2D eigenvalue weighted by Crippen LogP contribution is 2.51. The molecule has 67 heteroatoms. The first kappa shape index (κ1) is 138. The summed E-state index contributed by atoms with van der Waals surface area (Å²) in [6, 6.07) is -2.96. The van der Waals surface area contributed by atoms with Crippen LogP contribution in [0.1, 0.15) is 181 Å². The van der Waals surface area contributed by atoms with E-state index in [2.05, 4.69) is 58.8 Å². The Labute approximate surface area is 787 Å². The summed E-state index contributed by atoms with van der Waals surface area (Å²) >= 11 is 0. The Hall–Kier alpha value is 1.25. The lowest BCUT2D eigenvalue weighted by atomic mass is 9.94. The van der Waals surface area contributed by atoms with E-state index in [1.807, 2.05) is 69.2 Å². The second-order valence-corrected chi connectivity index (χ2v) is 45.8. The third-order valence-corrected chi connectivity index (χ3v) is 27.2. The normalized spacial score (nSPS) is 27.6. The Balaban J connectivity index is -0.00000160. The molecule has 0 amide bonds. The molecule has 0 aromatic heterocycles. The molecule has 0 bridgehead atoms. The van der Waals surface area contributed by atoms with Crippen molar-refractivity contribution in [1.82, 2.24) is 0 Å². The van der Waals surface area contributed by atoms with E-state index in [1.165, 1.54) is 0 Å². The molecule has 784 valence electrons. The maximum absolute atomic E-state index is 12.0. The molecule has 25 unspecified atom stereocenters. The summed E-state index contributed by atoms with van der Waals surface area (Å²) in [4.78, 5) is 136. The molecular formula is C66H132B5O51P11-12. The van der Waals surface area contributed by atoms with E-state index in [1.54, 1.807) is 0 Å². The number of hydrogen-bond acceptors (Lipinski definition) is 51. The Morgan fingerprint density at radius 2 is 0.383 bits per heavy atom. The first-order chi connectivity index (χ1) is 59.9. The van der Waals surface area contributed by atoms with Crippen molar-refractivity contribution in [3.05, 3.63) is 0 Å². The van der Waals surface area contributed by atoms with Crippen LogP contribution in [0.25, 0.3) is 0 Å². The number of phosphoric acid groups is 10. The maximum atomic E-state index is 12.0. The zero-order valence-electron chi connectivity index (χ0n) is 73.9. The van der Waals surface area contributed by atoms with Gasteiger partial charge in [-0.05, 0) is 119 Å². The van der Waals surface area contributed by atoms with Gasteiger partial charge in [0.2, 0.25) is 0 Å².